The van der Waals surface area contributed by atoms with Crippen molar-refractivity contribution >= 4 is 23.2 Å². The lowest BCUT2D eigenvalue weighted by Gasteiger charge is -2.39. The Morgan fingerprint density at radius 1 is 1.09 bits per heavy atom. The molecule has 2 aromatic carbocycles. The van der Waals surface area contributed by atoms with Crippen molar-refractivity contribution in [1.29, 1.82) is 0 Å². The number of carbonyl (C=O) groups is 1. The number of amides is 1. The summed E-state index contributed by atoms with van der Waals surface area (Å²) in [5, 5.41) is 3.74. The van der Waals surface area contributed by atoms with Crippen molar-refractivity contribution in [1.82, 2.24) is 15.2 Å². The maximum absolute atomic E-state index is 12.3. The number of aromatic nitrogens is 1. The highest BCUT2D eigenvalue weighted by Crippen LogP contribution is 2.22. The number of aryl methyl sites for hydroxylation is 1. The third-order valence-electron chi connectivity index (χ3n) is 5.90. The molecule has 1 saturated heterocycles. The van der Waals surface area contributed by atoms with Crippen molar-refractivity contribution in [2.24, 2.45) is 0 Å². The number of hydrogen-bond donors (Lipinski definition) is 1. The minimum Gasteiger partial charge on any atom is -0.441 e. The van der Waals surface area contributed by atoms with Gasteiger partial charge in [-0.25, -0.2) is 4.98 Å². The zero-order valence-electron chi connectivity index (χ0n) is 18.3. The third-order valence-corrected chi connectivity index (χ3v) is 6.15. The molecule has 6 nitrogen and oxygen atoms in total. The average molecular weight is 453 g/mol. The quantitative estimate of drug-likeness (QED) is 0.553. The Kier molecular flexibility index (Phi) is 7.45. The van der Waals surface area contributed by atoms with Crippen LogP contribution in [0.25, 0.3) is 11.3 Å². The van der Waals surface area contributed by atoms with Crippen LogP contribution < -0.4 is 10.2 Å². The summed E-state index contributed by atoms with van der Waals surface area (Å²) in [7, 11) is 0. The van der Waals surface area contributed by atoms with Crippen LogP contribution in [0.15, 0.2) is 65.2 Å². The molecule has 1 aliphatic rings. The highest BCUT2D eigenvalue weighted by Gasteiger charge is 2.21. The molecule has 0 radical (unpaired) electrons. The molecule has 7 heteroatoms. The number of para-hydroxylation sites is 1. The molecule has 1 N–H and O–H groups in total. The van der Waals surface area contributed by atoms with Crippen LogP contribution in [0.1, 0.15) is 19.2 Å². The van der Waals surface area contributed by atoms with Gasteiger partial charge in [-0.1, -0.05) is 29.8 Å². The lowest BCUT2D eigenvalue weighted by atomic mass is 10.2. The van der Waals surface area contributed by atoms with E-state index in [2.05, 4.69) is 51.3 Å². The molecule has 168 valence electrons. The molecular formula is C25H29ClN4O2. The van der Waals surface area contributed by atoms with Crippen molar-refractivity contribution in [2.75, 3.05) is 37.6 Å². The summed E-state index contributed by atoms with van der Waals surface area (Å²) < 4.78 is 5.78. The fourth-order valence-corrected chi connectivity index (χ4v) is 4.06. The molecule has 2 heterocycles. The Morgan fingerprint density at radius 3 is 2.53 bits per heavy atom. The summed E-state index contributed by atoms with van der Waals surface area (Å²) >= 11 is 5.93. The number of nitrogens with zero attached hydrogens (tertiary/aromatic N) is 3. The van der Waals surface area contributed by atoms with Crippen molar-refractivity contribution in [3.05, 3.63) is 71.7 Å². The van der Waals surface area contributed by atoms with Gasteiger partial charge in [0.1, 0.15) is 0 Å². The second-order valence-corrected chi connectivity index (χ2v) is 8.57. The topological polar surface area (TPSA) is 61.6 Å². The first-order valence-corrected chi connectivity index (χ1v) is 11.5. The molecule has 1 amide bonds. The Balaban J connectivity index is 1.17. The van der Waals surface area contributed by atoms with Crippen LogP contribution in [0.4, 0.5) is 5.69 Å². The van der Waals surface area contributed by atoms with Gasteiger partial charge >= 0.3 is 0 Å². The van der Waals surface area contributed by atoms with Gasteiger partial charge in [-0.15, -0.1) is 0 Å². The van der Waals surface area contributed by atoms with E-state index in [4.69, 9.17) is 16.0 Å². The summed E-state index contributed by atoms with van der Waals surface area (Å²) in [6.07, 6.45) is 2.52. The van der Waals surface area contributed by atoms with E-state index < -0.39 is 0 Å². The van der Waals surface area contributed by atoms with Crippen LogP contribution in [0.5, 0.6) is 0 Å². The number of piperazine rings is 1. The summed E-state index contributed by atoms with van der Waals surface area (Å²) in [5.74, 6) is 1.27. The largest absolute Gasteiger partial charge is 0.441 e. The second kappa shape index (κ2) is 10.7. The van der Waals surface area contributed by atoms with Crippen molar-refractivity contribution in [2.45, 2.75) is 25.8 Å². The van der Waals surface area contributed by atoms with Crippen LogP contribution in [-0.2, 0) is 11.2 Å². The number of hydrogen-bond acceptors (Lipinski definition) is 5. The summed E-state index contributed by atoms with van der Waals surface area (Å²) in [6.45, 7) is 6.81. The van der Waals surface area contributed by atoms with Gasteiger partial charge < -0.3 is 14.6 Å². The number of oxazole rings is 1. The summed E-state index contributed by atoms with van der Waals surface area (Å²) in [4.78, 5) is 21.5. The first-order chi connectivity index (χ1) is 15.6. The molecule has 1 fully saturated rings. The molecule has 1 aromatic heterocycles. The summed E-state index contributed by atoms with van der Waals surface area (Å²) in [6, 6.07) is 18.2. The van der Waals surface area contributed by atoms with Crippen molar-refractivity contribution in [3.8, 4) is 11.3 Å². The normalized spacial score (nSPS) is 15.5. The van der Waals surface area contributed by atoms with Gasteiger partial charge in [0, 0.05) is 67.9 Å². The van der Waals surface area contributed by atoms with Crippen LogP contribution in [0.3, 0.4) is 0 Å². The van der Waals surface area contributed by atoms with E-state index in [0.717, 1.165) is 31.7 Å². The van der Waals surface area contributed by atoms with Gasteiger partial charge in [0.15, 0.2) is 11.7 Å². The zero-order valence-corrected chi connectivity index (χ0v) is 19.1. The number of nitrogens with one attached hydrogen (secondary N) is 1. The first-order valence-electron chi connectivity index (χ1n) is 11.1. The zero-order chi connectivity index (χ0) is 22.3. The molecule has 1 unspecified atom stereocenters. The van der Waals surface area contributed by atoms with E-state index in [1.807, 2.05) is 30.3 Å². The van der Waals surface area contributed by atoms with Crippen molar-refractivity contribution < 1.29 is 9.21 Å². The van der Waals surface area contributed by atoms with E-state index >= 15 is 0 Å². The number of anilines is 1. The molecule has 4 rings (SSSR count). The molecule has 1 atom stereocenters. The van der Waals surface area contributed by atoms with Crippen LogP contribution in [0.2, 0.25) is 5.02 Å². The molecule has 0 bridgehead atoms. The van der Waals surface area contributed by atoms with Gasteiger partial charge in [-0.2, -0.15) is 0 Å². The lowest BCUT2D eigenvalue weighted by Crippen LogP contribution is -2.52. The smallest absolute Gasteiger partial charge is 0.220 e. The third kappa shape index (κ3) is 5.90. The van der Waals surface area contributed by atoms with Gasteiger partial charge in [0.2, 0.25) is 5.91 Å². The van der Waals surface area contributed by atoms with Gasteiger partial charge in [0.05, 0.1) is 6.20 Å². The predicted octanol–water partition coefficient (Wildman–Crippen LogP) is 4.25. The maximum Gasteiger partial charge on any atom is 0.220 e. The van der Waals surface area contributed by atoms with Crippen molar-refractivity contribution in [3.63, 3.8) is 0 Å². The summed E-state index contributed by atoms with van der Waals surface area (Å²) in [5.41, 5.74) is 2.19. The highest BCUT2D eigenvalue weighted by molar-refractivity contribution is 6.30. The number of halogens is 1. The van der Waals surface area contributed by atoms with E-state index in [0.29, 0.717) is 42.1 Å². The van der Waals surface area contributed by atoms with E-state index in [1.165, 1.54) is 5.69 Å². The first kappa shape index (κ1) is 22.4. The molecular weight excluding hydrogens is 424 g/mol. The van der Waals surface area contributed by atoms with Crippen LogP contribution >= 0.6 is 11.6 Å². The molecule has 1 aliphatic heterocycles. The predicted molar refractivity (Wildman–Crippen MR) is 128 cm³/mol. The Bertz CT molecular complexity index is 998. The SMILES string of the molecule is CC(CNC(=O)CCc1ncc(-c2ccc(Cl)cc2)o1)N1CCN(c2ccccc2)CC1. The van der Waals surface area contributed by atoms with Gasteiger partial charge in [-0.3, -0.25) is 9.69 Å². The monoisotopic (exact) mass is 452 g/mol. The van der Waals surface area contributed by atoms with E-state index in [9.17, 15) is 4.79 Å². The Morgan fingerprint density at radius 2 is 1.81 bits per heavy atom. The number of benzene rings is 2. The second-order valence-electron chi connectivity index (χ2n) is 8.14. The fourth-order valence-electron chi connectivity index (χ4n) is 3.93. The molecule has 0 aliphatic carbocycles. The van der Waals surface area contributed by atoms with Crippen LogP contribution in [-0.4, -0.2) is 54.6 Å². The number of carbonyl (C=O) groups excluding carboxylic acids is 1. The Hall–Kier alpha value is -2.83. The molecule has 0 saturated carbocycles. The van der Waals surface area contributed by atoms with Gasteiger partial charge in [-0.05, 0) is 43.3 Å². The highest BCUT2D eigenvalue weighted by atomic mass is 35.5. The van der Waals surface area contributed by atoms with Crippen LogP contribution in [0, 0.1) is 0 Å². The molecule has 3 aromatic rings. The fraction of sp³-hybridized carbons (Fsp3) is 0.360. The standard InChI is InChI=1S/C25H29ClN4O2/c1-19(29-13-15-30(16-14-29)22-5-3-2-4-6-22)17-27-24(31)11-12-25-28-18-23(32-25)20-7-9-21(26)10-8-20/h2-10,18-19H,11-17H2,1H3,(H,27,31). The maximum atomic E-state index is 12.3. The Labute approximate surface area is 194 Å². The number of rotatable bonds is 8. The molecule has 32 heavy (non-hydrogen) atoms. The van der Waals surface area contributed by atoms with E-state index in [-0.39, 0.29) is 5.91 Å². The lowest BCUT2D eigenvalue weighted by molar-refractivity contribution is -0.121. The molecule has 0 spiro atoms. The average Bonchev–Trinajstić information content (AvgIpc) is 3.31. The minimum atomic E-state index is 0.0195. The van der Waals surface area contributed by atoms with E-state index in [1.54, 1.807) is 6.20 Å². The van der Waals surface area contributed by atoms with Gasteiger partial charge in [0.25, 0.3) is 0 Å². The minimum absolute atomic E-state index is 0.0195.